The quantitative estimate of drug-likeness (QED) is 0.696. The average Bonchev–Trinajstić information content (AvgIpc) is 3.02. The average molecular weight is 288 g/mol. The Bertz CT molecular complexity index is 885. The molecule has 1 aliphatic heterocycles. The van der Waals surface area contributed by atoms with Gasteiger partial charge in [-0.2, -0.15) is 0 Å². The molecule has 2 heterocycles. The Kier molecular flexibility index (Phi) is 2.34. The van der Waals surface area contributed by atoms with Crippen LogP contribution < -0.4 is 9.47 Å². The molecule has 0 spiro atoms. The lowest BCUT2D eigenvalue weighted by atomic mass is 10.2. The van der Waals surface area contributed by atoms with E-state index in [-0.39, 0.29) is 12.6 Å². The summed E-state index contributed by atoms with van der Waals surface area (Å²) in [4.78, 5) is 2.89. The second-order valence-corrected chi connectivity index (χ2v) is 4.82. The van der Waals surface area contributed by atoms with Gasteiger partial charge < -0.3 is 14.5 Å². The van der Waals surface area contributed by atoms with E-state index in [1.54, 1.807) is 10.6 Å². The van der Waals surface area contributed by atoms with E-state index in [1.807, 2.05) is 24.3 Å². The number of fused-ring (bicyclic) bond motifs is 2. The third kappa shape index (κ3) is 1.55. The van der Waals surface area contributed by atoms with Gasteiger partial charge in [-0.3, -0.25) is 4.57 Å². The standard InChI is InChI=1S/C14H9FN2O2S/c15-9-2-1-3-10-13(9)16-14(20)17(10)8-4-5-11-12(6-8)19-7-18-11/h1-6H,7H2,(H,16,20). The molecule has 6 heteroatoms. The molecule has 1 aliphatic rings. The monoisotopic (exact) mass is 288 g/mol. The number of nitrogens with zero attached hydrogens (tertiary/aromatic N) is 1. The molecule has 0 unspecified atom stereocenters. The van der Waals surface area contributed by atoms with Crippen LogP contribution in [0.4, 0.5) is 4.39 Å². The SMILES string of the molecule is Fc1cccc2c1[nH]c(=S)n2-c1ccc2c(c1)OCO2. The Balaban J connectivity index is 2.01. The molecule has 0 bridgehead atoms. The molecular formula is C14H9FN2O2S. The molecule has 0 radical (unpaired) electrons. The second kappa shape index (κ2) is 4.08. The van der Waals surface area contributed by atoms with Gasteiger partial charge in [0, 0.05) is 6.07 Å². The minimum absolute atomic E-state index is 0.215. The second-order valence-electron chi connectivity index (χ2n) is 4.44. The van der Waals surface area contributed by atoms with Gasteiger partial charge in [0.2, 0.25) is 6.79 Å². The summed E-state index contributed by atoms with van der Waals surface area (Å²) in [6, 6.07) is 10.4. The molecule has 0 saturated carbocycles. The number of H-pyrrole nitrogens is 1. The van der Waals surface area contributed by atoms with Crippen LogP contribution in [0.15, 0.2) is 36.4 Å². The number of benzene rings is 2. The number of para-hydroxylation sites is 1. The number of imidazole rings is 1. The van der Waals surface area contributed by atoms with E-state index < -0.39 is 0 Å². The van der Waals surface area contributed by atoms with Gasteiger partial charge in [0.15, 0.2) is 16.3 Å². The van der Waals surface area contributed by atoms with Gasteiger partial charge >= 0.3 is 0 Å². The van der Waals surface area contributed by atoms with E-state index in [2.05, 4.69) is 4.98 Å². The van der Waals surface area contributed by atoms with Crippen LogP contribution in [-0.4, -0.2) is 16.3 Å². The smallest absolute Gasteiger partial charge is 0.231 e. The highest BCUT2D eigenvalue weighted by Crippen LogP contribution is 2.34. The maximum Gasteiger partial charge on any atom is 0.231 e. The van der Waals surface area contributed by atoms with E-state index in [9.17, 15) is 4.39 Å². The van der Waals surface area contributed by atoms with Gasteiger partial charge in [0.05, 0.1) is 11.2 Å². The fraction of sp³-hybridized carbons (Fsp3) is 0.0714. The van der Waals surface area contributed by atoms with Crippen LogP contribution in [0.2, 0.25) is 0 Å². The molecule has 20 heavy (non-hydrogen) atoms. The fourth-order valence-electron chi connectivity index (χ4n) is 2.38. The summed E-state index contributed by atoms with van der Waals surface area (Å²) in [6.07, 6.45) is 0. The Morgan fingerprint density at radius 2 is 2.00 bits per heavy atom. The van der Waals surface area contributed by atoms with Crippen molar-refractivity contribution in [1.82, 2.24) is 9.55 Å². The molecular weight excluding hydrogens is 279 g/mol. The lowest BCUT2D eigenvalue weighted by Gasteiger charge is -2.05. The van der Waals surface area contributed by atoms with Gasteiger partial charge in [-0.25, -0.2) is 4.39 Å². The van der Waals surface area contributed by atoms with Gasteiger partial charge in [-0.1, -0.05) is 6.07 Å². The minimum atomic E-state index is -0.326. The van der Waals surface area contributed by atoms with Crippen molar-refractivity contribution in [1.29, 1.82) is 0 Å². The highest BCUT2D eigenvalue weighted by Gasteiger charge is 2.16. The van der Waals surface area contributed by atoms with E-state index in [0.29, 0.717) is 27.3 Å². The summed E-state index contributed by atoms with van der Waals surface area (Å²) >= 11 is 5.29. The molecule has 1 N–H and O–H groups in total. The summed E-state index contributed by atoms with van der Waals surface area (Å²) in [6.45, 7) is 0.215. The molecule has 0 amide bonds. The third-order valence-electron chi connectivity index (χ3n) is 3.28. The predicted molar refractivity (Wildman–Crippen MR) is 74.5 cm³/mol. The van der Waals surface area contributed by atoms with Crippen molar-refractivity contribution in [3.8, 4) is 17.2 Å². The molecule has 0 atom stereocenters. The first kappa shape index (κ1) is 11.5. The van der Waals surface area contributed by atoms with Crippen molar-refractivity contribution in [3.05, 3.63) is 47.0 Å². The molecule has 4 nitrogen and oxygen atoms in total. The van der Waals surface area contributed by atoms with Gasteiger partial charge in [-0.15, -0.1) is 0 Å². The number of hydrogen-bond acceptors (Lipinski definition) is 3. The maximum absolute atomic E-state index is 13.8. The topological polar surface area (TPSA) is 39.2 Å². The zero-order valence-electron chi connectivity index (χ0n) is 10.2. The summed E-state index contributed by atoms with van der Waals surface area (Å²) < 4.78 is 26.6. The number of hydrogen-bond donors (Lipinski definition) is 1. The number of halogens is 1. The van der Waals surface area contributed by atoms with Crippen molar-refractivity contribution >= 4 is 23.3 Å². The molecule has 2 aromatic carbocycles. The van der Waals surface area contributed by atoms with Gasteiger partial charge in [-0.05, 0) is 36.5 Å². The van der Waals surface area contributed by atoms with E-state index in [4.69, 9.17) is 21.7 Å². The molecule has 4 rings (SSSR count). The maximum atomic E-state index is 13.8. The lowest BCUT2D eigenvalue weighted by Crippen LogP contribution is -1.94. The van der Waals surface area contributed by atoms with Crippen molar-refractivity contribution in [2.75, 3.05) is 6.79 Å². The first-order valence-electron chi connectivity index (χ1n) is 6.03. The lowest BCUT2D eigenvalue weighted by molar-refractivity contribution is 0.174. The van der Waals surface area contributed by atoms with E-state index in [1.165, 1.54) is 6.07 Å². The molecule has 1 aromatic heterocycles. The first-order chi connectivity index (χ1) is 9.74. The van der Waals surface area contributed by atoms with Crippen LogP contribution in [0, 0.1) is 10.6 Å². The van der Waals surface area contributed by atoms with Crippen LogP contribution in [0.3, 0.4) is 0 Å². The zero-order valence-corrected chi connectivity index (χ0v) is 11.0. The van der Waals surface area contributed by atoms with Crippen molar-refractivity contribution in [2.45, 2.75) is 0 Å². The highest BCUT2D eigenvalue weighted by molar-refractivity contribution is 7.71. The zero-order chi connectivity index (χ0) is 13.7. The number of rotatable bonds is 1. The van der Waals surface area contributed by atoms with Crippen LogP contribution >= 0.6 is 12.2 Å². The Morgan fingerprint density at radius 3 is 2.90 bits per heavy atom. The highest BCUT2D eigenvalue weighted by atomic mass is 32.1. The summed E-state index contributed by atoms with van der Waals surface area (Å²) in [7, 11) is 0. The number of ether oxygens (including phenoxy) is 2. The summed E-state index contributed by atoms with van der Waals surface area (Å²) in [5, 5.41) is 0. The number of aromatic nitrogens is 2. The first-order valence-corrected chi connectivity index (χ1v) is 6.44. The van der Waals surface area contributed by atoms with Crippen molar-refractivity contribution in [2.24, 2.45) is 0 Å². The van der Waals surface area contributed by atoms with Crippen molar-refractivity contribution < 1.29 is 13.9 Å². The molecule has 0 saturated heterocycles. The van der Waals surface area contributed by atoms with Gasteiger partial charge in [0.25, 0.3) is 0 Å². The van der Waals surface area contributed by atoms with Crippen molar-refractivity contribution in [3.63, 3.8) is 0 Å². The van der Waals surface area contributed by atoms with Crippen LogP contribution in [0.1, 0.15) is 0 Å². The number of nitrogens with one attached hydrogen (secondary N) is 1. The minimum Gasteiger partial charge on any atom is -0.454 e. The summed E-state index contributed by atoms with van der Waals surface area (Å²) in [5.41, 5.74) is 1.89. The fourth-order valence-corrected chi connectivity index (χ4v) is 2.68. The van der Waals surface area contributed by atoms with E-state index >= 15 is 0 Å². The summed E-state index contributed by atoms with van der Waals surface area (Å²) in [5.74, 6) is 1.04. The van der Waals surface area contributed by atoms with Crippen LogP contribution in [-0.2, 0) is 0 Å². The van der Waals surface area contributed by atoms with Gasteiger partial charge in [0.1, 0.15) is 11.3 Å². The number of aromatic amines is 1. The third-order valence-corrected chi connectivity index (χ3v) is 3.57. The predicted octanol–water partition coefficient (Wildman–Crippen LogP) is 3.56. The normalized spacial score (nSPS) is 13.1. The molecule has 100 valence electrons. The Morgan fingerprint density at radius 1 is 1.15 bits per heavy atom. The Hall–Kier alpha value is -2.34. The van der Waals surface area contributed by atoms with E-state index in [0.717, 1.165) is 5.69 Å². The molecule has 0 aliphatic carbocycles. The molecule has 3 aromatic rings. The largest absolute Gasteiger partial charge is 0.454 e. The van der Waals surface area contributed by atoms with Crippen LogP contribution in [0.5, 0.6) is 11.5 Å². The van der Waals surface area contributed by atoms with Crippen LogP contribution in [0.25, 0.3) is 16.7 Å². The molecule has 0 fully saturated rings. The Labute approximate surface area is 118 Å².